The van der Waals surface area contributed by atoms with Gasteiger partial charge in [0.15, 0.2) is 0 Å². The van der Waals surface area contributed by atoms with Crippen LogP contribution in [0.5, 0.6) is 0 Å². The van der Waals surface area contributed by atoms with E-state index in [4.69, 9.17) is 9.84 Å². The molecule has 2 N–H and O–H groups in total. The molecular formula is C11H13F4NO4S. The summed E-state index contributed by atoms with van der Waals surface area (Å²) in [5.41, 5.74) is -6.03. The fourth-order valence-corrected chi connectivity index (χ4v) is 2.46. The summed E-state index contributed by atoms with van der Waals surface area (Å²) in [4.78, 5) is -1.25. The first-order valence-electron chi connectivity index (χ1n) is 5.60. The maximum Gasteiger partial charge on any atom is 0.501 e. The number of ether oxygens (including phenoxy) is 1. The van der Waals surface area contributed by atoms with Crippen LogP contribution in [0, 0.1) is 5.82 Å². The highest BCUT2D eigenvalue weighted by atomic mass is 32.2. The van der Waals surface area contributed by atoms with Crippen molar-refractivity contribution in [1.29, 1.82) is 0 Å². The zero-order chi connectivity index (χ0) is 16.3. The SMILES string of the molecule is COCC(CO)Nc1ccc(F)cc1S(=O)(=O)C(F)(F)F. The first-order chi connectivity index (χ1) is 9.63. The van der Waals surface area contributed by atoms with Gasteiger partial charge in [-0.15, -0.1) is 0 Å². The standard InChI is InChI=1S/C11H13F4NO4S/c1-20-6-8(5-17)16-9-3-2-7(12)4-10(9)21(18,19)11(13,14)15/h2-4,8,16-17H,5-6H2,1H3. The molecule has 1 atom stereocenters. The molecule has 0 saturated carbocycles. The lowest BCUT2D eigenvalue weighted by atomic mass is 10.2. The fourth-order valence-electron chi connectivity index (χ4n) is 1.52. The number of hydrogen-bond donors (Lipinski definition) is 2. The van der Waals surface area contributed by atoms with Crippen molar-refractivity contribution < 1.29 is 35.8 Å². The Bertz CT molecular complexity index is 588. The Kier molecular flexibility index (Phi) is 5.54. The van der Waals surface area contributed by atoms with Crippen molar-refractivity contribution in [3.63, 3.8) is 0 Å². The number of anilines is 1. The predicted molar refractivity (Wildman–Crippen MR) is 66.0 cm³/mol. The van der Waals surface area contributed by atoms with E-state index in [1.165, 1.54) is 7.11 Å². The summed E-state index contributed by atoms with van der Waals surface area (Å²) < 4.78 is 78.4. The third-order valence-electron chi connectivity index (χ3n) is 2.49. The van der Waals surface area contributed by atoms with E-state index >= 15 is 0 Å². The molecule has 0 aliphatic heterocycles. The van der Waals surface area contributed by atoms with Crippen molar-refractivity contribution in [2.75, 3.05) is 25.6 Å². The minimum absolute atomic E-state index is 0.0839. The lowest BCUT2D eigenvalue weighted by Gasteiger charge is -2.19. The molecule has 21 heavy (non-hydrogen) atoms. The van der Waals surface area contributed by atoms with E-state index < -0.39 is 44.4 Å². The van der Waals surface area contributed by atoms with Gasteiger partial charge in [0.25, 0.3) is 9.84 Å². The van der Waals surface area contributed by atoms with Crippen molar-refractivity contribution >= 4 is 15.5 Å². The first-order valence-corrected chi connectivity index (χ1v) is 7.09. The first kappa shape index (κ1) is 17.7. The number of halogens is 4. The van der Waals surface area contributed by atoms with Gasteiger partial charge in [-0.1, -0.05) is 0 Å². The number of aliphatic hydroxyl groups excluding tert-OH is 1. The van der Waals surface area contributed by atoms with E-state index in [-0.39, 0.29) is 12.7 Å². The lowest BCUT2D eigenvalue weighted by Crippen LogP contribution is -2.31. The van der Waals surface area contributed by atoms with Gasteiger partial charge in [0, 0.05) is 7.11 Å². The smallest absolute Gasteiger partial charge is 0.394 e. The van der Waals surface area contributed by atoms with E-state index in [1.807, 2.05) is 0 Å². The number of alkyl halides is 3. The number of hydrogen-bond acceptors (Lipinski definition) is 5. The van der Waals surface area contributed by atoms with E-state index in [2.05, 4.69) is 5.32 Å². The van der Waals surface area contributed by atoms with Gasteiger partial charge in [-0.3, -0.25) is 0 Å². The summed E-state index contributed by atoms with van der Waals surface area (Å²) in [7, 11) is -4.43. The van der Waals surface area contributed by atoms with Crippen LogP contribution < -0.4 is 5.32 Å². The van der Waals surface area contributed by atoms with Crippen molar-refractivity contribution in [2.45, 2.75) is 16.4 Å². The third kappa shape index (κ3) is 4.05. The largest absolute Gasteiger partial charge is 0.501 e. The van der Waals surface area contributed by atoms with Crippen molar-refractivity contribution in [1.82, 2.24) is 0 Å². The number of nitrogens with one attached hydrogen (secondary N) is 1. The van der Waals surface area contributed by atoms with Crippen molar-refractivity contribution in [2.24, 2.45) is 0 Å². The molecule has 1 aromatic rings. The highest BCUT2D eigenvalue weighted by molar-refractivity contribution is 7.92. The Morgan fingerprint density at radius 2 is 2.00 bits per heavy atom. The monoisotopic (exact) mass is 331 g/mol. The highest BCUT2D eigenvalue weighted by Gasteiger charge is 2.48. The van der Waals surface area contributed by atoms with Gasteiger partial charge in [0.2, 0.25) is 0 Å². The lowest BCUT2D eigenvalue weighted by molar-refractivity contribution is -0.0435. The number of methoxy groups -OCH3 is 1. The summed E-state index contributed by atoms with van der Waals surface area (Å²) in [6.45, 7) is -0.601. The predicted octanol–water partition coefficient (Wildman–Crippen LogP) is 1.54. The Morgan fingerprint density at radius 3 is 2.48 bits per heavy atom. The second kappa shape index (κ2) is 6.58. The van der Waals surface area contributed by atoms with E-state index in [0.29, 0.717) is 0 Å². The van der Waals surface area contributed by atoms with E-state index in [9.17, 15) is 26.0 Å². The molecule has 0 spiro atoms. The summed E-state index contributed by atoms with van der Waals surface area (Å²) >= 11 is 0. The number of rotatable bonds is 6. The quantitative estimate of drug-likeness (QED) is 0.774. The molecule has 0 aromatic heterocycles. The maximum atomic E-state index is 13.1. The van der Waals surface area contributed by atoms with Crippen LogP contribution in [0.3, 0.4) is 0 Å². The van der Waals surface area contributed by atoms with Crippen molar-refractivity contribution in [3.8, 4) is 0 Å². The second-order valence-electron chi connectivity index (χ2n) is 4.07. The molecule has 10 heteroatoms. The van der Waals surface area contributed by atoms with Crippen LogP contribution in [0.1, 0.15) is 0 Å². The van der Waals surface area contributed by atoms with Gasteiger partial charge in [0.05, 0.1) is 24.9 Å². The summed E-state index contributed by atoms with van der Waals surface area (Å²) in [5, 5.41) is 11.4. The molecule has 0 aliphatic rings. The molecule has 1 aromatic carbocycles. The zero-order valence-corrected chi connectivity index (χ0v) is 11.6. The number of benzene rings is 1. The van der Waals surface area contributed by atoms with Crippen molar-refractivity contribution in [3.05, 3.63) is 24.0 Å². The number of aliphatic hydroxyl groups is 1. The normalized spacial score (nSPS) is 14.0. The fraction of sp³-hybridized carbons (Fsp3) is 0.455. The minimum Gasteiger partial charge on any atom is -0.394 e. The molecule has 1 rings (SSSR count). The topological polar surface area (TPSA) is 75.6 Å². The molecule has 0 amide bonds. The van der Waals surface area contributed by atoms with Crippen LogP contribution in [0.2, 0.25) is 0 Å². The van der Waals surface area contributed by atoms with Crippen LogP contribution in [-0.4, -0.2) is 45.4 Å². The van der Waals surface area contributed by atoms with Crippen LogP contribution in [0.4, 0.5) is 23.2 Å². The van der Waals surface area contributed by atoms with Crippen LogP contribution in [0.15, 0.2) is 23.1 Å². The third-order valence-corrected chi connectivity index (χ3v) is 4.01. The van der Waals surface area contributed by atoms with Gasteiger partial charge in [-0.2, -0.15) is 13.2 Å². The Balaban J connectivity index is 3.30. The molecule has 120 valence electrons. The van der Waals surface area contributed by atoms with Gasteiger partial charge in [-0.25, -0.2) is 12.8 Å². The molecule has 0 fully saturated rings. The molecule has 0 saturated heterocycles. The number of sulfone groups is 1. The van der Waals surface area contributed by atoms with Crippen LogP contribution >= 0.6 is 0 Å². The molecule has 5 nitrogen and oxygen atoms in total. The van der Waals surface area contributed by atoms with E-state index in [1.54, 1.807) is 0 Å². The molecule has 0 bridgehead atoms. The summed E-state index contributed by atoms with van der Waals surface area (Å²) in [5.74, 6) is -1.13. The van der Waals surface area contributed by atoms with Gasteiger partial charge in [-0.05, 0) is 18.2 Å². The van der Waals surface area contributed by atoms with Crippen LogP contribution in [-0.2, 0) is 14.6 Å². The molecular weight excluding hydrogens is 318 g/mol. The minimum atomic E-state index is -5.72. The molecule has 0 radical (unpaired) electrons. The maximum absolute atomic E-state index is 13.1. The van der Waals surface area contributed by atoms with Crippen LogP contribution in [0.25, 0.3) is 0 Å². The highest BCUT2D eigenvalue weighted by Crippen LogP contribution is 2.35. The second-order valence-corrected chi connectivity index (χ2v) is 5.98. The molecule has 0 aliphatic carbocycles. The van der Waals surface area contributed by atoms with Gasteiger partial charge in [0.1, 0.15) is 10.7 Å². The average molecular weight is 331 g/mol. The molecule has 1 unspecified atom stereocenters. The summed E-state index contributed by atoms with van der Waals surface area (Å²) in [6.07, 6.45) is 0. The van der Waals surface area contributed by atoms with E-state index in [0.717, 1.165) is 12.1 Å². The Labute approximate surface area is 118 Å². The Hall–Kier alpha value is -1.39. The molecule has 0 heterocycles. The summed E-state index contributed by atoms with van der Waals surface area (Å²) in [6, 6.07) is 1.08. The van der Waals surface area contributed by atoms with Gasteiger partial charge < -0.3 is 15.2 Å². The Morgan fingerprint density at radius 1 is 1.38 bits per heavy atom. The average Bonchev–Trinajstić information content (AvgIpc) is 2.38. The van der Waals surface area contributed by atoms with Gasteiger partial charge >= 0.3 is 5.51 Å². The zero-order valence-electron chi connectivity index (χ0n) is 10.8.